The number of halogens is 5. The van der Waals surface area contributed by atoms with Crippen LogP contribution in [0.1, 0.15) is 16.2 Å². The lowest BCUT2D eigenvalue weighted by Crippen LogP contribution is -2.39. The fraction of sp³-hybridized carbons (Fsp3) is 0.300. The second kappa shape index (κ2) is 4.39. The Balaban J connectivity index is 2.35. The third kappa shape index (κ3) is 2.53. The van der Waals surface area contributed by atoms with Crippen LogP contribution in [0.15, 0.2) is 18.5 Å². The van der Waals surface area contributed by atoms with Crippen LogP contribution in [0.3, 0.4) is 0 Å². The molecular formula is C10H7F5N4O. The van der Waals surface area contributed by atoms with Gasteiger partial charge < -0.3 is 5.73 Å². The van der Waals surface area contributed by atoms with Gasteiger partial charge in [0.05, 0.1) is 23.7 Å². The van der Waals surface area contributed by atoms with Gasteiger partial charge in [-0.1, -0.05) is 0 Å². The summed E-state index contributed by atoms with van der Waals surface area (Å²) in [6.45, 7) is 0. The van der Waals surface area contributed by atoms with Crippen molar-refractivity contribution in [2.45, 2.75) is 18.5 Å². The summed E-state index contributed by atoms with van der Waals surface area (Å²) in [5.41, 5.74) is 5.29. The van der Waals surface area contributed by atoms with Crippen molar-refractivity contribution in [2.75, 3.05) is 0 Å². The summed E-state index contributed by atoms with van der Waals surface area (Å²) in [7, 11) is 0. The SMILES string of the molecule is NC(=O)c1cc2cnc(CC(F)(F)C(F)(F)F)nn2c1. The van der Waals surface area contributed by atoms with E-state index >= 15 is 0 Å². The molecule has 0 spiro atoms. The molecule has 0 saturated heterocycles. The van der Waals surface area contributed by atoms with Crippen molar-refractivity contribution in [2.24, 2.45) is 5.73 Å². The molecule has 0 aliphatic rings. The largest absolute Gasteiger partial charge is 0.453 e. The highest BCUT2D eigenvalue weighted by molar-refractivity contribution is 5.94. The third-order valence-electron chi connectivity index (χ3n) is 2.48. The summed E-state index contributed by atoms with van der Waals surface area (Å²) in [6.07, 6.45) is -5.22. The van der Waals surface area contributed by atoms with Crippen molar-refractivity contribution < 1.29 is 26.7 Å². The van der Waals surface area contributed by atoms with Crippen LogP contribution in [0.2, 0.25) is 0 Å². The number of primary amides is 1. The van der Waals surface area contributed by atoms with Crippen LogP contribution in [0, 0.1) is 0 Å². The predicted octanol–water partition coefficient (Wildman–Crippen LogP) is 1.57. The zero-order valence-corrected chi connectivity index (χ0v) is 9.66. The molecule has 0 aliphatic heterocycles. The molecule has 10 heteroatoms. The van der Waals surface area contributed by atoms with Gasteiger partial charge in [-0.05, 0) is 6.07 Å². The van der Waals surface area contributed by atoms with E-state index in [1.165, 1.54) is 6.07 Å². The van der Waals surface area contributed by atoms with Crippen molar-refractivity contribution in [3.63, 3.8) is 0 Å². The van der Waals surface area contributed by atoms with Crippen LogP contribution in [0.5, 0.6) is 0 Å². The lowest BCUT2D eigenvalue weighted by molar-refractivity contribution is -0.281. The zero-order valence-electron chi connectivity index (χ0n) is 9.66. The summed E-state index contributed by atoms with van der Waals surface area (Å²) < 4.78 is 62.9. The normalized spacial score (nSPS) is 12.8. The highest BCUT2D eigenvalue weighted by atomic mass is 19.4. The highest BCUT2D eigenvalue weighted by Crippen LogP contribution is 2.37. The average molecular weight is 294 g/mol. The minimum absolute atomic E-state index is 0.0408. The number of carbonyl (C=O) groups excluding carboxylic acids is 1. The Bertz CT molecular complexity index is 663. The summed E-state index contributed by atoms with van der Waals surface area (Å²) in [4.78, 5) is 14.3. The first-order chi connectivity index (χ1) is 9.10. The molecule has 0 bridgehead atoms. The maximum absolute atomic E-state index is 12.9. The number of alkyl halides is 5. The topological polar surface area (TPSA) is 73.3 Å². The Morgan fingerprint density at radius 1 is 1.30 bits per heavy atom. The van der Waals surface area contributed by atoms with Gasteiger partial charge in [0.25, 0.3) is 0 Å². The van der Waals surface area contributed by atoms with Crippen LogP contribution in [-0.2, 0) is 6.42 Å². The van der Waals surface area contributed by atoms with Crippen molar-refractivity contribution in [1.82, 2.24) is 14.6 Å². The summed E-state index contributed by atoms with van der Waals surface area (Å²) in [5.74, 6) is -6.41. The molecule has 0 unspecified atom stereocenters. The number of aromatic nitrogens is 3. The van der Waals surface area contributed by atoms with Crippen LogP contribution < -0.4 is 5.73 Å². The zero-order chi connectivity index (χ0) is 15.1. The molecule has 2 aromatic rings. The molecule has 0 saturated carbocycles. The highest BCUT2D eigenvalue weighted by Gasteiger charge is 2.57. The molecule has 2 aromatic heterocycles. The Kier molecular flexibility index (Phi) is 3.11. The Labute approximate surface area is 108 Å². The number of nitrogens with zero attached hydrogens (tertiary/aromatic N) is 3. The minimum atomic E-state index is -5.68. The van der Waals surface area contributed by atoms with Gasteiger partial charge in [0.1, 0.15) is 0 Å². The minimum Gasteiger partial charge on any atom is -0.366 e. The van der Waals surface area contributed by atoms with E-state index in [2.05, 4.69) is 10.1 Å². The van der Waals surface area contributed by atoms with Crippen molar-refractivity contribution in [1.29, 1.82) is 0 Å². The number of nitrogens with two attached hydrogens (primary N) is 1. The van der Waals surface area contributed by atoms with Gasteiger partial charge in [0.2, 0.25) is 5.91 Å². The number of carbonyl (C=O) groups is 1. The molecule has 0 atom stereocenters. The Morgan fingerprint density at radius 3 is 2.50 bits per heavy atom. The molecule has 2 N–H and O–H groups in total. The summed E-state index contributed by atoms with van der Waals surface area (Å²) in [5, 5.41) is 3.49. The number of hydrogen-bond donors (Lipinski definition) is 1. The van der Waals surface area contributed by atoms with Gasteiger partial charge in [0.15, 0.2) is 5.82 Å². The lowest BCUT2D eigenvalue weighted by Gasteiger charge is -2.18. The van der Waals surface area contributed by atoms with Crippen LogP contribution in [0.4, 0.5) is 22.0 Å². The third-order valence-corrected chi connectivity index (χ3v) is 2.48. The first-order valence-electron chi connectivity index (χ1n) is 5.19. The van der Waals surface area contributed by atoms with E-state index in [9.17, 15) is 26.7 Å². The van der Waals surface area contributed by atoms with Crippen molar-refractivity contribution >= 4 is 11.4 Å². The van der Waals surface area contributed by atoms with Crippen molar-refractivity contribution in [3.05, 3.63) is 29.8 Å². The van der Waals surface area contributed by atoms with Gasteiger partial charge in [-0.25, -0.2) is 9.50 Å². The second-order valence-electron chi connectivity index (χ2n) is 4.02. The Morgan fingerprint density at radius 2 is 1.95 bits per heavy atom. The van der Waals surface area contributed by atoms with Crippen molar-refractivity contribution in [3.8, 4) is 0 Å². The molecule has 0 aromatic carbocycles. The molecule has 1 amide bonds. The number of rotatable bonds is 3. The summed E-state index contributed by atoms with van der Waals surface area (Å²) >= 11 is 0. The average Bonchev–Trinajstić information content (AvgIpc) is 2.69. The van der Waals surface area contributed by atoms with E-state index in [1.807, 2.05) is 0 Å². The maximum atomic E-state index is 12.9. The smallest absolute Gasteiger partial charge is 0.366 e. The summed E-state index contributed by atoms with van der Waals surface area (Å²) in [6, 6.07) is 1.29. The van der Waals surface area contributed by atoms with Gasteiger partial charge in [-0.15, -0.1) is 0 Å². The van der Waals surface area contributed by atoms with E-state index in [4.69, 9.17) is 5.73 Å². The van der Waals surface area contributed by atoms with Crippen LogP contribution >= 0.6 is 0 Å². The molecule has 20 heavy (non-hydrogen) atoms. The van der Waals surface area contributed by atoms with E-state index in [0.717, 1.165) is 16.9 Å². The molecular weight excluding hydrogens is 287 g/mol. The molecule has 108 valence electrons. The predicted molar refractivity (Wildman–Crippen MR) is 56.2 cm³/mol. The maximum Gasteiger partial charge on any atom is 0.453 e. The van der Waals surface area contributed by atoms with Gasteiger partial charge >= 0.3 is 12.1 Å². The van der Waals surface area contributed by atoms with E-state index < -0.39 is 30.3 Å². The number of amides is 1. The van der Waals surface area contributed by atoms with Crippen LogP contribution in [-0.4, -0.2) is 32.6 Å². The molecule has 0 radical (unpaired) electrons. The molecule has 0 fully saturated rings. The van der Waals surface area contributed by atoms with Gasteiger partial charge in [0, 0.05) is 6.20 Å². The monoisotopic (exact) mass is 294 g/mol. The molecule has 2 rings (SSSR count). The number of fused-ring (bicyclic) bond motifs is 1. The lowest BCUT2D eigenvalue weighted by atomic mass is 10.2. The van der Waals surface area contributed by atoms with E-state index in [0.29, 0.717) is 0 Å². The number of hydrogen-bond acceptors (Lipinski definition) is 3. The second-order valence-corrected chi connectivity index (χ2v) is 4.02. The van der Waals surface area contributed by atoms with E-state index in [-0.39, 0.29) is 11.1 Å². The molecule has 5 nitrogen and oxygen atoms in total. The quantitative estimate of drug-likeness (QED) is 0.873. The van der Waals surface area contributed by atoms with E-state index in [1.54, 1.807) is 0 Å². The molecule has 2 heterocycles. The molecule has 0 aliphatic carbocycles. The fourth-order valence-electron chi connectivity index (χ4n) is 1.46. The first kappa shape index (κ1) is 14.2. The standard InChI is InChI=1S/C10H7F5N4O/c11-9(12,10(13,14)15)2-7-17-3-6-1-5(8(16)20)4-19(6)18-7/h1,3-4H,2H2,(H2,16,20). The van der Waals surface area contributed by atoms with Gasteiger partial charge in [-0.2, -0.15) is 27.1 Å². The fourth-order valence-corrected chi connectivity index (χ4v) is 1.46. The van der Waals surface area contributed by atoms with Crippen LogP contribution in [0.25, 0.3) is 5.52 Å². The van der Waals surface area contributed by atoms with Gasteiger partial charge in [-0.3, -0.25) is 4.79 Å². The first-order valence-corrected chi connectivity index (χ1v) is 5.19. The Hall–Kier alpha value is -2.26.